The lowest BCUT2D eigenvalue weighted by Gasteiger charge is -2.31. The molecule has 1 aromatic carbocycles. The molecule has 2 heterocycles. The summed E-state index contributed by atoms with van der Waals surface area (Å²) < 4.78 is 5.82. The van der Waals surface area contributed by atoms with E-state index in [0.717, 1.165) is 18.5 Å². The number of hydrogen-bond donors (Lipinski definition) is 4. The van der Waals surface area contributed by atoms with E-state index in [1.165, 1.54) is 25.6 Å². The van der Waals surface area contributed by atoms with Crippen molar-refractivity contribution < 1.29 is 14.3 Å². The Labute approximate surface area is 175 Å². The fraction of sp³-hybridized carbons (Fsp3) is 0.429. The van der Waals surface area contributed by atoms with Crippen molar-refractivity contribution in [2.45, 2.75) is 57.6 Å². The predicted molar refractivity (Wildman–Crippen MR) is 114 cm³/mol. The summed E-state index contributed by atoms with van der Waals surface area (Å²) in [6.07, 6.45) is 7.02. The first kappa shape index (κ1) is 19.9. The molecule has 9 nitrogen and oxygen atoms in total. The number of amides is 3. The number of nitrogens with one attached hydrogen (secondary N) is 4. The topological polar surface area (TPSA) is 117 Å². The van der Waals surface area contributed by atoms with Gasteiger partial charge >= 0.3 is 6.03 Å². The van der Waals surface area contributed by atoms with Crippen LogP contribution in [0.3, 0.4) is 0 Å². The van der Waals surface area contributed by atoms with Gasteiger partial charge in [0.1, 0.15) is 6.33 Å². The summed E-state index contributed by atoms with van der Waals surface area (Å²) in [6, 6.07) is 7.35. The Kier molecular flexibility index (Phi) is 5.43. The monoisotopic (exact) mass is 410 g/mol. The standard InChI is InChI=1S/C21H26N6O3/c1-21(2)19(28)27-18-16(30-21)17(22-12-23-18)24-14-8-10-15(11-9-14)26-20(29)25-13-6-4-3-5-7-13/h8-13H,3-7H2,1-2H3,(H2,25,26,29)(H2,22,23,24,27,28). The van der Waals surface area contributed by atoms with Crippen molar-refractivity contribution in [3.63, 3.8) is 0 Å². The molecule has 158 valence electrons. The number of hydrogen-bond acceptors (Lipinski definition) is 6. The number of nitrogens with zero attached hydrogens (tertiary/aromatic N) is 2. The third-order valence-corrected chi connectivity index (χ3v) is 5.29. The van der Waals surface area contributed by atoms with Gasteiger partial charge in [0, 0.05) is 17.4 Å². The first-order valence-electron chi connectivity index (χ1n) is 10.2. The van der Waals surface area contributed by atoms with Crippen LogP contribution in [0, 0.1) is 0 Å². The van der Waals surface area contributed by atoms with Crippen LogP contribution >= 0.6 is 0 Å². The lowest BCUT2D eigenvalue weighted by molar-refractivity contribution is -0.129. The van der Waals surface area contributed by atoms with Crippen molar-refractivity contribution in [3.05, 3.63) is 30.6 Å². The zero-order chi connectivity index (χ0) is 21.1. The molecule has 1 aliphatic carbocycles. The number of ether oxygens (including phenoxy) is 1. The van der Waals surface area contributed by atoms with Crippen LogP contribution < -0.4 is 26.0 Å². The minimum atomic E-state index is -1.02. The minimum absolute atomic E-state index is 0.182. The number of anilines is 4. The Morgan fingerprint density at radius 3 is 2.53 bits per heavy atom. The van der Waals surface area contributed by atoms with E-state index in [-0.39, 0.29) is 18.0 Å². The Morgan fingerprint density at radius 2 is 1.80 bits per heavy atom. The molecular weight excluding hydrogens is 384 g/mol. The summed E-state index contributed by atoms with van der Waals surface area (Å²) in [5.41, 5.74) is 0.434. The van der Waals surface area contributed by atoms with Gasteiger partial charge in [-0.2, -0.15) is 0 Å². The molecule has 2 aliphatic rings. The van der Waals surface area contributed by atoms with E-state index in [0.29, 0.717) is 23.1 Å². The smallest absolute Gasteiger partial charge is 0.319 e. The van der Waals surface area contributed by atoms with Gasteiger partial charge < -0.3 is 26.0 Å². The van der Waals surface area contributed by atoms with Gasteiger partial charge in [-0.1, -0.05) is 19.3 Å². The summed E-state index contributed by atoms with van der Waals surface area (Å²) in [4.78, 5) is 32.5. The zero-order valence-corrected chi connectivity index (χ0v) is 17.1. The second-order valence-electron chi connectivity index (χ2n) is 8.10. The van der Waals surface area contributed by atoms with Gasteiger partial charge in [0.25, 0.3) is 5.91 Å². The summed E-state index contributed by atoms with van der Waals surface area (Å²) >= 11 is 0. The quantitative estimate of drug-likeness (QED) is 0.609. The zero-order valence-electron chi connectivity index (χ0n) is 17.1. The van der Waals surface area contributed by atoms with E-state index in [1.54, 1.807) is 13.8 Å². The first-order valence-corrected chi connectivity index (χ1v) is 10.2. The van der Waals surface area contributed by atoms with Crippen molar-refractivity contribution in [3.8, 4) is 5.75 Å². The maximum absolute atomic E-state index is 12.2. The molecule has 0 saturated heterocycles. The van der Waals surface area contributed by atoms with Crippen molar-refractivity contribution in [2.24, 2.45) is 0 Å². The molecule has 1 fully saturated rings. The molecular formula is C21H26N6O3. The molecule has 0 bridgehead atoms. The first-order chi connectivity index (χ1) is 14.4. The fourth-order valence-electron chi connectivity index (χ4n) is 3.58. The van der Waals surface area contributed by atoms with Crippen molar-refractivity contribution in [1.82, 2.24) is 15.3 Å². The van der Waals surface area contributed by atoms with Crippen LogP contribution in [0.4, 0.5) is 27.8 Å². The Morgan fingerprint density at radius 1 is 1.10 bits per heavy atom. The molecule has 0 unspecified atom stereocenters. The fourth-order valence-corrected chi connectivity index (χ4v) is 3.58. The van der Waals surface area contributed by atoms with Gasteiger partial charge in [0.2, 0.25) is 5.75 Å². The Bertz CT molecular complexity index is 938. The van der Waals surface area contributed by atoms with E-state index in [1.807, 2.05) is 24.3 Å². The maximum atomic E-state index is 12.2. The van der Waals surface area contributed by atoms with Crippen LogP contribution in [0.5, 0.6) is 5.75 Å². The lowest BCUT2D eigenvalue weighted by Crippen LogP contribution is -2.46. The molecule has 9 heteroatoms. The van der Waals surface area contributed by atoms with Crippen LogP contribution in [-0.4, -0.2) is 33.5 Å². The minimum Gasteiger partial charge on any atom is -0.470 e. The van der Waals surface area contributed by atoms with Crippen molar-refractivity contribution >= 4 is 34.9 Å². The van der Waals surface area contributed by atoms with Gasteiger partial charge in [-0.15, -0.1) is 0 Å². The molecule has 0 spiro atoms. The molecule has 4 rings (SSSR count). The lowest BCUT2D eigenvalue weighted by atomic mass is 9.96. The van der Waals surface area contributed by atoms with Crippen LogP contribution in [0.2, 0.25) is 0 Å². The molecule has 4 N–H and O–H groups in total. The maximum Gasteiger partial charge on any atom is 0.319 e. The average Bonchev–Trinajstić information content (AvgIpc) is 2.71. The van der Waals surface area contributed by atoms with Gasteiger partial charge in [0.05, 0.1) is 0 Å². The Balaban J connectivity index is 1.40. The number of rotatable bonds is 4. The molecule has 1 saturated carbocycles. The van der Waals surface area contributed by atoms with Gasteiger partial charge in [0.15, 0.2) is 17.2 Å². The molecule has 1 aromatic heterocycles. The number of carbonyl (C=O) groups excluding carboxylic acids is 2. The van der Waals surface area contributed by atoms with E-state index in [4.69, 9.17) is 4.74 Å². The highest BCUT2D eigenvalue weighted by Gasteiger charge is 2.37. The van der Waals surface area contributed by atoms with E-state index in [9.17, 15) is 9.59 Å². The number of aromatic nitrogens is 2. The molecule has 0 atom stereocenters. The summed E-state index contributed by atoms with van der Waals surface area (Å²) in [5, 5.41) is 11.8. The van der Waals surface area contributed by atoms with E-state index in [2.05, 4.69) is 31.2 Å². The van der Waals surface area contributed by atoms with E-state index < -0.39 is 5.60 Å². The van der Waals surface area contributed by atoms with Crippen molar-refractivity contribution in [2.75, 3.05) is 16.0 Å². The summed E-state index contributed by atoms with van der Waals surface area (Å²) in [5.74, 6) is 0.899. The van der Waals surface area contributed by atoms with Crippen LogP contribution in [-0.2, 0) is 4.79 Å². The Hall–Kier alpha value is -3.36. The average molecular weight is 410 g/mol. The van der Waals surface area contributed by atoms with Gasteiger partial charge in [-0.3, -0.25) is 4.79 Å². The van der Waals surface area contributed by atoms with Crippen LogP contribution in [0.1, 0.15) is 46.0 Å². The highest BCUT2D eigenvalue weighted by atomic mass is 16.5. The van der Waals surface area contributed by atoms with E-state index >= 15 is 0 Å². The highest BCUT2D eigenvalue weighted by Crippen LogP contribution is 2.38. The summed E-state index contributed by atoms with van der Waals surface area (Å²) in [7, 11) is 0. The second kappa shape index (κ2) is 8.17. The highest BCUT2D eigenvalue weighted by molar-refractivity contribution is 6.00. The van der Waals surface area contributed by atoms with Crippen molar-refractivity contribution in [1.29, 1.82) is 0 Å². The van der Waals surface area contributed by atoms with Gasteiger partial charge in [-0.25, -0.2) is 14.8 Å². The predicted octanol–water partition coefficient (Wildman–Crippen LogP) is 3.78. The number of urea groups is 1. The molecule has 0 radical (unpaired) electrons. The third-order valence-electron chi connectivity index (χ3n) is 5.29. The molecule has 30 heavy (non-hydrogen) atoms. The summed E-state index contributed by atoms with van der Waals surface area (Å²) in [6.45, 7) is 3.36. The SMILES string of the molecule is CC1(C)Oc2c(ncnc2Nc2ccc(NC(=O)NC3CCCCC3)cc2)NC1=O. The van der Waals surface area contributed by atoms with Gasteiger partial charge in [-0.05, 0) is 51.0 Å². The van der Waals surface area contributed by atoms with Crippen LogP contribution in [0.25, 0.3) is 0 Å². The second-order valence-corrected chi connectivity index (χ2v) is 8.10. The van der Waals surface area contributed by atoms with Crippen LogP contribution in [0.15, 0.2) is 30.6 Å². The normalized spacial score (nSPS) is 17.9. The third kappa shape index (κ3) is 4.45. The molecule has 2 aromatic rings. The number of benzene rings is 1. The largest absolute Gasteiger partial charge is 0.470 e. The molecule has 1 aliphatic heterocycles. The number of fused-ring (bicyclic) bond motifs is 1. The molecule has 3 amide bonds. The number of carbonyl (C=O) groups is 2.